The highest BCUT2D eigenvalue weighted by molar-refractivity contribution is 14.1. The first kappa shape index (κ1) is 19.2. The van der Waals surface area contributed by atoms with E-state index in [9.17, 15) is 14.7 Å². The Labute approximate surface area is 175 Å². The van der Waals surface area contributed by atoms with E-state index in [4.69, 9.17) is 4.84 Å². The zero-order chi connectivity index (χ0) is 19.8. The molecule has 148 valence electrons. The molecule has 10 heteroatoms. The monoisotopic (exact) mass is 497 g/mol. The van der Waals surface area contributed by atoms with Gasteiger partial charge in [-0.3, -0.25) is 14.3 Å². The molecule has 3 amide bonds. The van der Waals surface area contributed by atoms with Gasteiger partial charge < -0.3 is 15.3 Å². The lowest BCUT2D eigenvalue weighted by Crippen LogP contribution is -2.39. The molecule has 9 nitrogen and oxygen atoms in total. The summed E-state index contributed by atoms with van der Waals surface area (Å²) in [7, 11) is 1.52. The van der Waals surface area contributed by atoms with Crippen LogP contribution in [0.2, 0.25) is 0 Å². The average molecular weight is 497 g/mol. The molecule has 2 aromatic rings. The van der Waals surface area contributed by atoms with Gasteiger partial charge in [0.1, 0.15) is 11.8 Å². The van der Waals surface area contributed by atoms with Crippen molar-refractivity contribution in [3.63, 3.8) is 0 Å². The lowest BCUT2D eigenvalue weighted by Gasteiger charge is -2.27. The van der Waals surface area contributed by atoms with Crippen LogP contribution in [-0.4, -0.2) is 63.1 Å². The zero-order valence-electron chi connectivity index (χ0n) is 15.3. The molecule has 0 saturated heterocycles. The first-order valence-corrected chi connectivity index (χ1v) is 10.00. The Balaban J connectivity index is 1.58. The molecule has 2 aliphatic heterocycles. The van der Waals surface area contributed by atoms with Crippen molar-refractivity contribution in [2.24, 2.45) is 0 Å². The maximum absolute atomic E-state index is 12.8. The number of halogens is 1. The largest absolute Gasteiger partial charge is 0.393 e. The number of anilines is 1. The van der Waals surface area contributed by atoms with E-state index in [0.29, 0.717) is 25.2 Å². The first-order valence-electron chi connectivity index (χ1n) is 8.92. The highest BCUT2D eigenvalue weighted by Gasteiger charge is 2.35. The molecule has 2 N–H and O–H groups in total. The van der Waals surface area contributed by atoms with Crippen LogP contribution in [0.15, 0.2) is 24.3 Å². The fourth-order valence-corrected chi connectivity index (χ4v) is 4.02. The number of rotatable bonds is 2. The van der Waals surface area contributed by atoms with Crippen molar-refractivity contribution in [1.29, 1.82) is 0 Å². The number of benzene rings is 1. The number of nitrogens with zero attached hydrogens (tertiary/aromatic N) is 4. The van der Waals surface area contributed by atoms with Crippen LogP contribution >= 0.6 is 22.6 Å². The molecule has 0 fully saturated rings. The minimum atomic E-state index is -0.545. The van der Waals surface area contributed by atoms with Crippen molar-refractivity contribution >= 4 is 40.2 Å². The van der Waals surface area contributed by atoms with Crippen LogP contribution in [0.5, 0.6) is 0 Å². The van der Waals surface area contributed by atoms with Crippen LogP contribution in [0.3, 0.4) is 0 Å². The highest BCUT2D eigenvalue weighted by Crippen LogP contribution is 2.26. The van der Waals surface area contributed by atoms with E-state index in [1.807, 2.05) is 24.3 Å². The van der Waals surface area contributed by atoms with Crippen molar-refractivity contribution in [3.05, 3.63) is 44.8 Å². The molecule has 28 heavy (non-hydrogen) atoms. The summed E-state index contributed by atoms with van der Waals surface area (Å²) in [4.78, 5) is 32.6. The third-order valence-electron chi connectivity index (χ3n) is 4.84. The highest BCUT2D eigenvalue weighted by atomic mass is 127. The van der Waals surface area contributed by atoms with E-state index >= 15 is 0 Å². The van der Waals surface area contributed by atoms with E-state index in [0.717, 1.165) is 25.6 Å². The van der Waals surface area contributed by atoms with Gasteiger partial charge in [0.2, 0.25) is 0 Å². The van der Waals surface area contributed by atoms with Gasteiger partial charge in [-0.05, 0) is 40.8 Å². The Morgan fingerprint density at radius 2 is 2.29 bits per heavy atom. The molecular formula is C18H20IN5O4. The molecule has 1 aromatic heterocycles. The molecule has 0 aliphatic carbocycles. The lowest BCUT2D eigenvalue weighted by atomic mass is 10.1. The number of nitrogens with one attached hydrogen (secondary N) is 1. The molecule has 0 spiro atoms. The second kappa shape index (κ2) is 7.68. The molecule has 1 aromatic carbocycles. The second-order valence-electron chi connectivity index (χ2n) is 6.78. The summed E-state index contributed by atoms with van der Waals surface area (Å²) in [6, 6.07) is 7.35. The Kier molecular flexibility index (Phi) is 5.25. The van der Waals surface area contributed by atoms with Crippen molar-refractivity contribution < 1.29 is 19.5 Å². The van der Waals surface area contributed by atoms with Gasteiger partial charge in [-0.1, -0.05) is 6.07 Å². The fraction of sp³-hybridized carbons (Fsp3) is 0.389. The van der Waals surface area contributed by atoms with E-state index in [1.165, 1.54) is 7.05 Å². The van der Waals surface area contributed by atoms with Gasteiger partial charge in [0, 0.05) is 34.8 Å². The topological polar surface area (TPSA) is 99.9 Å². The molecule has 3 heterocycles. The van der Waals surface area contributed by atoms with Gasteiger partial charge >= 0.3 is 6.03 Å². The number of amides is 3. The normalized spacial score (nSPS) is 19.1. The molecule has 0 bridgehead atoms. The number of aliphatic hydroxyl groups is 1. The Morgan fingerprint density at radius 3 is 3.04 bits per heavy atom. The molecule has 0 radical (unpaired) electrons. The van der Waals surface area contributed by atoms with Crippen LogP contribution < -0.4 is 5.32 Å². The first-order chi connectivity index (χ1) is 13.5. The van der Waals surface area contributed by atoms with Crippen molar-refractivity contribution in [1.82, 2.24) is 19.7 Å². The number of hydrogen-bond acceptors (Lipinski definition) is 5. The minimum Gasteiger partial charge on any atom is -0.393 e. The van der Waals surface area contributed by atoms with Crippen molar-refractivity contribution in [3.8, 4) is 0 Å². The summed E-state index contributed by atoms with van der Waals surface area (Å²) in [6.45, 7) is 0.878. The van der Waals surface area contributed by atoms with Gasteiger partial charge in [0.05, 0.1) is 25.4 Å². The molecule has 2 aliphatic rings. The summed E-state index contributed by atoms with van der Waals surface area (Å²) in [5.74, 6) is -0.329. The fourth-order valence-electron chi connectivity index (χ4n) is 3.48. The zero-order valence-corrected chi connectivity index (χ0v) is 17.4. The van der Waals surface area contributed by atoms with Gasteiger partial charge in [-0.25, -0.2) is 9.86 Å². The predicted octanol–water partition coefficient (Wildman–Crippen LogP) is 1.46. The van der Waals surface area contributed by atoms with Crippen LogP contribution in [0, 0.1) is 3.57 Å². The minimum absolute atomic E-state index is 0.216. The standard InChI is InChI=1S/C18H20IN5O4/c1-22-17(26)16-14-9-23(18(27)20-12-4-2-3-11(19)7-12)6-5-15(14)21-24(16)8-13(10-25)28-22/h2-4,7,13,25H,5-6,8-10H2,1H3,(H,20,27). The van der Waals surface area contributed by atoms with E-state index < -0.39 is 6.10 Å². The molecule has 1 unspecified atom stereocenters. The maximum atomic E-state index is 12.8. The summed E-state index contributed by atoms with van der Waals surface area (Å²) in [6.07, 6.45) is 0.0213. The Bertz CT molecular complexity index is 931. The van der Waals surface area contributed by atoms with Crippen LogP contribution in [0.25, 0.3) is 0 Å². The van der Waals surface area contributed by atoms with Gasteiger partial charge in [0.25, 0.3) is 5.91 Å². The summed E-state index contributed by atoms with van der Waals surface area (Å²) in [5.41, 5.74) is 2.70. The number of hydrogen-bond donors (Lipinski definition) is 2. The summed E-state index contributed by atoms with van der Waals surface area (Å²) >= 11 is 2.19. The van der Waals surface area contributed by atoms with Crippen molar-refractivity contribution in [2.45, 2.75) is 25.6 Å². The second-order valence-corrected chi connectivity index (χ2v) is 8.03. The van der Waals surface area contributed by atoms with Crippen LogP contribution in [-0.2, 0) is 24.3 Å². The van der Waals surface area contributed by atoms with Crippen LogP contribution in [0.1, 0.15) is 21.7 Å². The Morgan fingerprint density at radius 1 is 1.46 bits per heavy atom. The molecule has 4 rings (SSSR count). The molecule has 0 saturated carbocycles. The third-order valence-corrected chi connectivity index (χ3v) is 5.51. The summed E-state index contributed by atoms with van der Waals surface area (Å²) < 4.78 is 2.63. The summed E-state index contributed by atoms with van der Waals surface area (Å²) in [5, 5.41) is 18.0. The molecule has 1 atom stereocenters. The number of hydroxylamine groups is 2. The average Bonchev–Trinajstić information content (AvgIpc) is 2.97. The van der Waals surface area contributed by atoms with Crippen molar-refractivity contribution in [2.75, 3.05) is 25.5 Å². The van der Waals surface area contributed by atoms with E-state index in [2.05, 4.69) is 33.0 Å². The molecular weight excluding hydrogens is 477 g/mol. The maximum Gasteiger partial charge on any atom is 0.322 e. The number of aliphatic hydroxyl groups excluding tert-OH is 1. The number of urea groups is 1. The lowest BCUT2D eigenvalue weighted by molar-refractivity contribution is -0.159. The van der Waals surface area contributed by atoms with Crippen LogP contribution in [0.4, 0.5) is 10.5 Å². The SMILES string of the molecule is CN1OC(CO)Cn2nc3c(c2C1=O)CN(C(=O)Nc1cccc(I)c1)CC3. The Hall–Kier alpha value is -2.18. The predicted molar refractivity (Wildman–Crippen MR) is 109 cm³/mol. The van der Waals surface area contributed by atoms with E-state index in [-0.39, 0.29) is 25.1 Å². The quantitative estimate of drug-likeness (QED) is 0.613. The number of aromatic nitrogens is 2. The number of carbonyl (C=O) groups is 2. The van der Waals surface area contributed by atoms with Gasteiger partial charge in [0.15, 0.2) is 0 Å². The smallest absolute Gasteiger partial charge is 0.322 e. The van der Waals surface area contributed by atoms with E-state index in [1.54, 1.807) is 9.58 Å². The third kappa shape index (κ3) is 3.59. The van der Waals surface area contributed by atoms with Gasteiger partial charge in [-0.2, -0.15) is 5.10 Å². The van der Waals surface area contributed by atoms with Gasteiger partial charge in [-0.15, -0.1) is 0 Å². The number of carbonyl (C=O) groups excluding carboxylic acids is 2. The number of fused-ring (bicyclic) bond motifs is 3.